The molecule has 1 N–H and O–H groups in total. The van der Waals surface area contributed by atoms with Crippen molar-refractivity contribution in [2.45, 2.75) is 31.7 Å². The maximum Gasteiger partial charge on any atom is 0.246 e. The summed E-state index contributed by atoms with van der Waals surface area (Å²) < 4.78 is 26.0. The minimum atomic E-state index is -3.48. The highest BCUT2D eigenvalue weighted by Crippen LogP contribution is 2.23. The molecule has 17 heavy (non-hydrogen) atoms. The predicted octanol–water partition coefficient (Wildman–Crippen LogP) is 1.54. The van der Waals surface area contributed by atoms with E-state index in [1.165, 1.54) is 10.5 Å². The maximum atomic E-state index is 12.3. The molecule has 96 valence electrons. The lowest BCUT2D eigenvalue weighted by atomic mass is 10.4. The molecule has 5 nitrogen and oxygen atoms in total. The van der Waals surface area contributed by atoms with Gasteiger partial charge in [-0.2, -0.15) is 4.31 Å². The molecule has 0 fully saturated rings. The van der Waals surface area contributed by atoms with E-state index in [0.717, 1.165) is 0 Å². The Kier molecular flexibility index (Phi) is 4.47. The number of nitrogens with zero attached hydrogens (tertiary/aromatic N) is 2. The Balaban J connectivity index is 3.23. The number of nitrogens with one attached hydrogen (secondary N) is 1. The first kappa shape index (κ1) is 13.9. The molecule has 1 heterocycles. The average Bonchev–Trinajstić information content (AvgIpc) is 2.29. The van der Waals surface area contributed by atoms with E-state index in [1.807, 2.05) is 20.8 Å². The van der Waals surface area contributed by atoms with E-state index in [1.54, 1.807) is 19.3 Å². The fourth-order valence-electron chi connectivity index (χ4n) is 1.35. The van der Waals surface area contributed by atoms with E-state index >= 15 is 0 Å². The molecule has 0 aliphatic carbocycles. The largest absolute Gasteiger partial charge is 0.384 e. The third-order valence-corrected chi connectivity index (χ3v) is 4.60. The van der Waals surface area contributed by atoms with Gasteiger partial charge in [-0.3, -0.25) is 4.98 Å². The van der Waals surface area contributed by atoms with Gasteiger partial charge in [0.15, 0.2) is 0 Å². The SMILES string of the molecule is CCNc1ccncc1S(=O)(=O)N(C)C(C)C. The quantitative estimate of drug-likeness (QED) is 0.869. The fourth-order valence-corrected chi connectivity index (χ4v) is 2.83. The molecule has 1 rings (SSSR count). The number of aromatic nitrogens is 1. The average molecular weight is 257 g/mol. The predicted molar refractivity (Wildman–Crippen MR) is 68.5 cm³/mol. The Morgan fingerprint density at radius 2 is 2.12 bits per heavy atom. The number of hydrogen-bond donors (Lipinski definition) is 1. The summed E-state index contributed by atoms with van der Waals surface area (Å²) >= 11 is 0. The Morgan fingerprint density at radius 1 is 1.47 bits per heavy atom. The fraction of sp³-hybridized carbons (Fsp3) is 0.545. The first-order chi connectivity index (χ1) is 7.91. The van der Waals surface area contributed by atoms with Crippen LogP contribution in [0.2, 0.25) is 0 Å². The van der Waals surface area contributed by atoms with Crippen LogP contribution in [0.3, 0.4) is 0 Å². The van der Waals surface area contributed by atoms with Gasteiger partial charge >= 0.3 is 0 Å². The third kappa shape index (κ3) is 2.95. The Morgan fingerprint density at radius 3 is 2.65 bits per heavy atom. The van der Waals surface area contributed by atoms with Crippen molar-refractivity contribution < 1.29 is 8.42 Å². The summed E-state index contributed by atoms with van der Waals surface area (Å²) in [6.45, 7) is 6.25. The minimum absolute atomic E-state index is 0.0883. The molecule has 0 unspecified atom stereocenters. The zero-order valence-corrected chi connectivity index (χ0v) is 11.5. The summed E-state index contributed by atoms with van der Waals surface area (Å²) in [6, 6.07) is 1.58. The molecule has 0 aromatic carbocycles. The van der Waals surface area contributed by atoms with Gasteiger partial charge in [0.25, 0.3) is 0 Å². The smallest absolute Gasteiger partial charge is 0.246 e. The van der Waals surface area contributed by atoms with Gasteiger partial charge in [0.1, 0.15) is 4.90 Å². The highest BCUT2D eigenvalue weighted by atomic mass is 32.2. The molecule has 0 aliphatic rings. The van der Waals surface area contributed by atoms with Gasteiger partial charge in [0.2, 0.25) is 10.0 Å². The van der Waals surface area contributed by atoms with Gasteiger partial charge in [0.05, 0.1) is 5.69 Å². The molecule has 0 radical (unpaired) electrons. The van der Waals surface area contributed by atoms with Crippen LogP contribution in [0.1, 0.15) is 20.8 Å². The molecule has 0 bridgehead atoms. The minimum Gasteiger partial charge on any atom is -0.384 e. The monoisotopic (exact) mass is 257 g/mol. The lowest BCUT2D eigenvalue weighted by molar-refractivity contribution is 0.410. The van der Waals surface area contributed by atoms with Gasteiger partial charge in [-0.05, 0) is 26.8 Å². The number of anilines is 1. The molecule has 0 atom stereocenters. The van der Waals surface area contributed by atoms with E-state index in [2.05, 4.69) is 10.3 Å². The van der Waals surface area contributed by atoms with Crippen LogP contribution in [0.4, 0.5) is 5.69 Å². The topological polar surface area (TPSA) is 62.3 Å². The zero-order chi connectivity index (χ0) is 13.1. The second-order valence-corrected chi connectivity index (χ2v) is 5.98. The van der Waals surface area contributed by atoms with E-state index in [0.29, 0.717) is 12.2 Å². The molecule has 0 spiro atoms. The van der Waals surface area contributed by atoms with Gasteiger partial charge in [0, 0.05) is 32.0 Å². The second-order valence-electron chi connectivity index (χ2n) is 4.02. The van der Waals surface area contributed by atoms with Crippen LogP contribution in [0.25, 0.3) is 0 Å². The van der Waals surface area contributed by atoms with Crippen LogP contribution in [0, 0.1) is 0 Å². The Labute approximate surface area is 103 Å². The number of pyridine rings is 1. The standard InChI is InChI=1S/C11H19N3O2S/c1-5-13-10-6-7-12-8-11(10)17(15,16)14(4)9(2)3/h6-9H,5H2,1-4H3,(H,12,13). The number of hydrogen-bond acceptors (Lipinski definition) is 4. The van der Waals surface area contributed by atoms with Crippen LogP contribution in [-0.2, 0) is 10.0 Å². The first-order valence-corrected chi connectivity index (χ1v) is 7.01. The lowest BCUT2D eigenvalue weighted by Gasteiger charge is -2.22. The Hall–Kier alpha value is -1.14. The van der Waals surface area contributed by atoms with Gasteiger partial charge in [-0.1, -0.05) is 0 Å². The summed E-state index contributed by atoms with van der Waals surface area (Å²) in [7, 11) is -1.91. The molecule has 1 aromatic heterocycles. The third-order valence-electron chi connectivity index (χ3n) is 2.54. The number of sulfonamides is 1. The van der Waals surface area contributed by atoms with Crippen molar-refractivity contribution in [3.63, 3.8) is 0 Å². The van der Waals surface area contributed by atoms with E-state index in [-0.39, 0.29) is 10.9 Å². The lowest BCUT2D eigenvalue weighted by Crippen LogP contribution is -2.33. The normalized spacial score (nSPS) is 12.1. The van der Waals surface area contributed by atoms with Crippen LogP contribution in [0.15, 0.2) is 23.4 Å². The Bertz CT molecular complexity index is 471. The summed E-state index contributed by atoms with van der Waals surface area (Å²) in [5.41, 5.74) is 0.593. The molecule has 0 amide bonds. The molecule has 6 heteroatoms. The van der Waals surface area contributed by atoms with Gasteiger partial charge in [-0.25, -0.2) is 8.42 Å². The van der Waals surface area contributed by atoms with E-state index < -0.39 is 10.0 Å². The van der Waals surface area contributed by atoms with Crippen LogP contribution in [0.5, 0.6) is 0 Å². The molecule has 0 saturated carbocycles. The van der Waals surface area contributed by atoms with E-state index in [9.17, 15) is 8.42 Å². The van der Waals surface area contributed by atoms with Crippen molar-refractivity contribution in [1.29, 1.82) is 0 Å². The maximum absolute atomic E-state index is 12.3. The van der Waals surface area contributed by atoms with Crippen molar-refractivity contribution in [2.24, 2.45) is 0 Å². The summed E-state index contributed by atoms with van der Waals surface area (Å²) in [4.78, 5) is 4.11. The summed E-state index contributed by atoms with van der Waals surface area (Å²) in [6.07, 6.45) is 2.96. The molecule has 0 saturated heterocycles. The van der Waals surface area contributed by atoms with Crippen LogP contribution < -0.4 is 5.32 Å². The molecule has 0 aliphatic heterocycles. The molecule has 1 aromatic rings. The molecular formula is C11H19N3O2S. The van der Waals surface area contributed by atoms with Gasteiger partial charge in [-0.15, -0.1) is 0 Å². The van der Waals surface area contributed by atoms with Crippen molar-refractivity contribution in [2.75, 3.05) is 18.9 Å². The summed E-state index contributed by atoms with van der Waals surface area (Å²) in [5.74, 6) is 0. The van der Waals surface area contributed by atoms with Crippen molar-refractivity contribution in [3.8, 4) is 0 Å². The number of rotatable bonds is 5. The van der Waals surface area contributed by atoms with Crippen molar-refractivity contribution in [1.82, 2.24) is 9.29 Å². The highest BCUT2D eigenvalue weighted by Gasteiger charge is 2.25. The van der Waals surface area contributed by atoms with Crippen molar-refractivity contribution in [3.05, 3.63) is 18.5 Å². The van der Waals surface area contributed by atoms with Crippen LogP contribution in [-0.4, -0.2) is 37.3 Å². The zero-order valence-electron chi connectivity index (χ0n) is 10.6. The van der Waals surface area contributed by atoms with Crippen LogP contribution >= 0.6 is 0 Å². The molecular weight excluding hydrogens is 238 g/mol. The summed E-state index contributed by atoms with van der Waals surface area (Å²) in [5, 5.41) is 3.03. The first-order valence-electron chi connectivity index (χ1n) is 5.57. The van der Waals surface area contributed by atoms with E-state index in [4.69, 9.17) is 0 Å². The second kappa shape index (κ2) is 5.46. The van der Waals surface area contributed by atoms with Crippen molar-refractivity contribution >= 4 is 15.7 Å². The van der Waals surface area contributed by atoms with Gasteiger partial charge < -0.3 is 5.32 Å². The highest BCUT2D eigenvalue weighted by molar-refractivity contribution is 7.89.